The molecule has 0 radical (unpaired) electrons. The first-order valence-electron chi connectivity index (χ1n) is 42.3. The summed E-state index contributed by atoms with van der Waals surface area (Å²) >= 11 is 19.9. The Kier molecular flexibility index (Phi) is 25.8. The number of alkyl halides is 6. The van der Waals surface area contributed by atoms with Gasteiger partial charge in [-0.15, -0.1) is 24.5 Å². The lowest BCUT2D eigenvalue weighted by molar-refractivity contribution is -0.274. The van der Waals surface area contributed by atoms with Crippen molar-refractivity contribution in [1.29, 1.82) is 0 Å². The average Bonchev–Trinajstić information content (AvgIpc) is 1.59. The number of nitrogens with two attached hydrogens (primary N) is 1. The molecule has 138 heavy (non-hydrogen) atoms. The Morgan fingerprint density at radius 3 is 1.51 bits per heavy atom. The van der Waals surface area contributed by atoms with E-state index < -0.39 is 106 Å². The number of imide groups is 2. The van der Waals surface area contributed by atoms with Gasteiger partial charge >= 0.3 is 41.8 Å². The summed E-state index contributed by atoms with van der Waals surface area (Å²) in [5.41, 5.74) is 7.34. The van der Waals surface area contributed by atoms with Crippen LogP contribution >= 0.6 is 46.1 Å². The maximum atomic E-state index is 13.8. The Morgan fingerprint density at radius 1 is 0.471 bits per heavy atom. The van der Waals surface area contributed by atoms with E-state index in [2.05, 4.69) is 20.0 Å². The standard InChI is InChI=1S/C28H24ClN5O3.C26H19ClN2O4.C24H13F6N3O5S.C21H17ClN2O5/c29-18-10-11-23-21(13-18)24(34-27(36)20-6-1-2-7-22(20)32-28(34)37)25(26(35)31-14-16-8-9-16)33(23)15-17-4-3-5-19(30)12-17;27-18-10-11-21-20(15-18)23(29-22(30)14-17-8-4-5-9-19(17)25(29)31)24(26(32)33)28(21)13-12-16-6-2-1-3-7-16;25-23(26,27)12-4-5-17-14(7-12)18(33-20(34)15-9-39-10-16(15)31-22(33)37)19(21(35)36)32(17)8-11-2-1-3-13(6-11)38-24(28,29)30;1-29-14-4-2-3-12(9-14)11-23-16-6-5-13(22)10-15(16)19(20(23)21(27)28)24-17(25)7-8-18(24)26/h1-7,10-13,16H,8-9,14-15,30H2,(H,31,35)(H,32,37);1-11,15H,12-14H2,(H,32,33);1-7,9-10H,8H2,(H,31,37)(H,35,36);2-6,9-10H,7-8,11H2,1H3,(H,27,28). The Morgan fingerprint density at radius 2 is 0.942 bits per heavy atom. The molecule has 0 atom stereocenters. The van der Waals surface area contributed by atoms with E-state index in [-0.39, 0.29) is 93.2 Å². The van der Waals surface area contributed by atoms with Gasteiger partial charge in [-0.3, -0.25) is 33.6 Å². The van der Waals surface area contributed by atoms with Gasteiger partial charge < -0.3 is 64.1 Å². The van der Waals surface area contributed by atoms with Crippen LogP contribution in [-0.2, 0) is 59.6 Å². The number of aryl methyl sites for hydroxylation is 2. The van der Waals surface area contributed by atoms with Gasteiger partial charge in [0.05, 0.1) is 85.7 Å². The molecule has 3 aliphatic rings. The third-order valence-electron chi connectivity index (χ3n) is 23.5. The molecule has 1 saturated heterocycles. The molecule has 2 fully saturated rings. The van der Waals surface area contributed by atoms with Crippen LogP contribution in [-0.4, -0.2) is 120 Å². The lowest BCUT2D eigenvalue weighted by Crippen LogP contribution is -2.43. The third-order valence-corrected chi connectivity index (χ3v) is 24.9. The van der Waals surface area contributed by atoms with Crippen LogP contribution < -0.4 is 52.8 Å². The number of fused-ring (bicyclic) bond motifs is 7. The van der Waals surface area contributed by atoms with Gasteiger partial charge in [-0.1, -0.05) is 132 Å². The maximum absolute atomic E-state index is 13.8. The number of aromatic carboxylic acids is 3. The van der Waals surface area contributed by atoms with Crippen LogP contribution in [0.3, 0.4) is 0 Å². The van der Waals surface area contributed by atoms with E-state index in [0.717, 1.165) is 78.0 Å². The highest BCUT2D eigenvalue weighted by molar-refractivity contribution is 7.09. The number of para-hydroxylation sites is 1. The third kappa shape index (κ3) is 18.7. The van der Waals surface area contributed by atoms with Gasteiger partial charge in [-0.25, -0.2) is 42.9 Å². The fourth-order valence-electron chi connectivity index (χ4n) is 17.3. The summed E-state index contributed by atoms with van der Waals surface area (Å²) in [4.78, 5) is 163. The molecule has 1 saturated carbocycles. The number of thiophene rings is 1. The van der Waals surface area contributed by atoms with Crippen molar-refractivity contribution in [1.82, 2.24) is 42.7 Å². The predicted molar refractivity (Wildman–Crippen MR) is 507 cm³/mol. The van der Waals surface area contributed by atoms with Crippen LogP contribution in [0.25, 0.3) is 76.8 Å². The van der Waals surface area contributed by atoms with Gasteiger partial charge in [-0.2, -0.15) is 13.2 Å². The SMILES string of the molecule is COc1cccc(Cn2c(C(=O)O)c(N3C(=O)CCC3=O)c3cc(Cl)ccc32)c1.Nc1cccc(Cn2c(C(=O)NCC3CC3)c(-n3c(=O)[nH]c4ccccc4c3=O)c3cc(Cl)ccc32)c1.O=C(O)c1c(-n2c(=O)[nH]c3cscc3c2=O)c2cc(C(F)(F)F)ccc2n1Cc1cccc(OC(F)(F)F)c1.O=C(O)c1c(N2C(=O)Cc3ccccc3C2=O)c2cc(Cl)ccc2n1CCc1ccccc1. The normalized spacial score (nSPS) is 13.2. The molecule has 10 aromatic carbocycles. The zero-order valence-corrected chi connectivity index (χ0v) is 75.0. The summed E-state index contributed by atoms with van der Waals surface area (Å²) in [5, 5.41) is 38.8. The van der Waals surface area contributed by atoms with Crippen LogP contribution in [0.5, 0.6) is 11.5 Å². The molecular formula is C99H73Cl3F6N12O17S. The van der Waals surface area contributed by atoms with Gasteiger partial charge in [0.1, 0.15) is 17.2 Å². The number of hydrogen-bond donors (Lipinski definition) is 7. The first-order chi connectivity index (χ1) is 66.0. The minimum atomic E-state index is -5.01. The maximum Gasteiger partial charge on any atom is 0.573 e. The monoisotopic (exact) mass is 1950 g/mol. The number of hydrogen-bond acceptors (Lipinski definition) is 16. The second kappa shape index (κ2) is 38.0. The van der Waals surface area contributed by atoms with Crippen molar-refractivity contribution in [2.24, 2.45) is 5.92 Å². The highest BCUT2D eigenvalue weighted by Crippen LogP contribution is 2.44. The molecule has 9 heterocycles. The van der Waals surface area contributed by atoms with Crippen molar-refractivity contribution in [3.63, 3.8) is 0 Å². The number of carboxylic acids is 3. The Balaban J connectivity index is 0.000000128. The van der Waals surface area contributed by atoms with Crippen LogP contribution in [0.1, 0.15) is 111 Å². The second-order valence-electron chi connectivity index (χ2n) is 32.4. The number of carbonyl (C=O) groups is 8. The first-order valence-corrected chi connectivity index (χ1v) is 44.4. The number of nitrogen functional groups attached to an aromatic ring is 1. The van der Waals surface area contributed by atoms with Crippen LogP contribution in [0.2, 0.25) is 15.1 Å². The zero-order valence-electron chi connectivity index (χ0n) is 71.9. The number of amides is 5. The van der Waals surface area contributed by atoms with E-state index >= 15 is 0 Å². The molecule has 20 rings (SSSR count). The Hall–Kier alpha value is -16.1. The van der Waals surface area contributed by atoms with Crippen LogP contribution in [0, 0.1) is 5.92 Å². The number of nitrogens with one attached hydrogen (secondary N) is 3. The molecule has 0 unspecified atom stereocenters. The number of anilines is 3. The molecular weight excluding hydrogens is 1880 g/mol. The summed E-state index contributed by atoms with van der Waals surface area (Å²) in [6.45, 7) is 0.951. The molecule has 29 nitrogen and oxygen atoms in total. The van der Waals surface area contributed by atoms with E-state index in [1.54, 1.807) is 138 Å². The lowest BCUT2D eigenvalue weighted by Gasteiger charge is -2.27. The fraction of sp³-hybridized carbons (Fsp3) is 0.152. The van der Waals surface area contributed by atoms with E-state index in [4.69, 9.17) is 45.3 Å². The molecule has 8 N–H and O–H groups in total. The van der Waals surface area contributed by atoms with E-state index in [9.17, 15) is 99.2 Å². The number of aromatic nitrogens is 8. The number of H-pyrrole nitrogens is 2. The minimum Gasteiger partial charge on any atom is -0.497 e. The number of rotatable bonds is 21. The van der Waals surface area contributed by atoms with Crippen molar-refractivity contribution >= 4 is 176 Å². The molecule has 2 aliphatic heterocycles. The highest BCUT2D eigenvalue weighted by Gasteiger charge is 2.42. The number of benzene rings is 10. The van der Waals surface area contributed by atoms with Gasteiger partial charge in [0, 0.05) is 104 Å². The minimum absolute atomic E-state index is 0.000755. The smallest absolute Gasteiger partial charge is 0.497 e. The average molecular weight is 1960 g/mol. The van der Waals surface area contributed by atoms with Crippen molar-refractivity contribution < 1.29 is 89.5 Å². The highest BCUT2D eigenvalue weighted by atomic mass is 35.5. The van der Waals surface area contributed by atoms with Crippen molar-refractivity contribution in [3.05, 3.63) is 354 Å². The first kappa shape index (κ1) is 93.7. The molecule has 39 heteroatoms. The molecule has 0 bridgehead atoms. The second-order valence-corrected chi connectivity index (χ2v) is 34.4. The zero-order chi connectivity index (χ0) is 97.8. The van der Waals surface area contributed by atoms with Gasteiger partial charge in [0.25, 0.3) is 22.9 Å². The molecule has 0 spiro atoms. The Bertz CT molecular complexity index is 8150. The fourth-order valence-corrected chi connectivity index (χ4v) is 18.5. The summed E-state index contributed by atoms with van der Waals surface area (Å²) in [5.74, 6) is -5.88. The number of carboxylic acid groups (broad SMARTS) is 3. The van der Waals surface area contributed by atoms with Crippen molar-refractivity contribution in [2.75, 3.05) is 29.2 Å². The summed E-state index contributed by atoms with van der Waals surface area (Å²) in [6.07, 6.45) is -7.01. The molecule has 7 aromatic heterocycles. The summed E-state index contributed by atoms with van der Waals surface area (Å²) in [6, 6.07) is 60.0. The van der Waals surface area contributed by atoms with Gasteiger partial charge in [-0.05, 0) is 180 Å². The predicted octanol–water partition coefficient (Wildman–Crippen LogP) is 18.1. The number of halogens is 9. The lowest BCUT2D eigenvalue weighted by atomic mass is 9.97. The number of ether oxygens (including phenoxy) is 2. The van der Waals surface area contributed by atoms with E-state index in [0.29, 0.717) is 130 Å². The van der Waals surface area contributed by atoms with E-state index in [1.807, 2.05) is 65.2 Å². The van der Waals surface area contributed by atoms with Crippen LogP contribution in [0.4, 0.5) is 43.4 Å². The largest absolute Gasteiger partial charge is 0.573 e. The topological polar surface area (TPSA) is 390 Å². The summed E-state index contributed by atoms with van der Waals surface area (Å²) in [7, 11) is 1.55. The molecule has 1 aliphatic carbocycles. The molecule has 17 aromatic rings. The molecule has 700 valence electrons. The summed E-state index contributed by atoms with van der Waals surface area (Å²) < 4.78 is 95.6. The number of aromatic amines is 2. The van der Waals surface area contributed by atoms with Crippen molar-refractivity contribution in [2.45, 2.75) is 77.2 Å². The van der Waals surface area contributed by atoms with Gasteiger partial charge in [0.15, 0.2) is 17.1 Å². The Labute approximate surface area is 792 Å². The molecule has 5 amide bonds. The number of methoxy groups -OCH3 is 1. The quantitative estimate of drug-likeness (QED) is 0.0200. The van der Waals surface area contributed by atoms with Crippen molar-refractivity contribution in [3.8, 4) is 22.9 Å². The van der Waals surface area contributed by atoms with Gasteiger partial charge in [0.2, 0.25) is 17.7 Å². The van der Waals surface area contributed by atoms with E-state index in [1.165, 1.54) is 22.9 Å². The number of carbonyl (C=O) groups excluding carboxylic acids is 5. The number of nitrogens with zero attached hydrogens (tertiary/aromatic N) is 8. The van der Waals surface area contributed by atoms with Crippen LogP contribution in [0.15, 0.2) is 254 Å².